The Balaban J connectivity index is 2.46. The smallest absolute Gasteiger partial charge is 0.320 e. The van der Waals surface area contributed by atoms with E-state index in [-0.39, 0.29) is 6.04 Å². The van der Waals surface area contributed by atoms with E-state index in [2.05, 4.69) is 11.8 Å². The van der Waals surface area contributed by atoms with Gasteiger partial charge in [0, 0.05) is 0 Å². The highest BCUT2D eigenvalue weighted by molar-refractivity contribution is 5.73. The van der Waals surface area contributed by atoms with Crippen molar-refractivity contribution < 1.29 is 9.90 Å². The van der Waals surface area contributed by atoms with Crippen LogP contribution in [-0.2, 0) is 4.79 Å². The first-order valence-corrected chi connectivity index (χ1v) is 5.12. The van der Waals surface area contributed by atoms with Crippen molar-refractivity contribution in [2.45, 2.75) is 39.2 Å². The van der Waals surface area contributed by atoms with E-state index in [0.29, 0.717) is 6.42 Å². The quantitative estimate of drug-likeness (QED) is 0.725. The molecule has 0 amide bonds. The van der Waals surface area contributed by atoms with Gasteiger partial charge in [-0.1, -0.05) is 13.8 Å². The van der Waals surface area contributed by atoms with Crippen molar-refractivity contribution in [3.05, 3.63) is 0 Å². The van der Waals surface area contributed by atoms with E-state index >= 15 is 0 Å². The normalized spacial score (nSPS) is 22.9. The van der Waals surface area contributed by atoms with Crippen molar-refractivity contribution >= 4 is 5.97 Å². The van der Waals surface area contributed by atoms with Crippen LogP contribution in [0.3, 0.4) is 0 Å². The average Bonchev–Trinajstić information content (AvgIpc) is 2.09. The number of carbonyl (C=O) groups is 1. The van der Waals surface area contributed by atoms with Crippen LogP contribution < -0.4 is 0 Å². The number of carboxylic acid groups (broad SMARTS) is 1. The van der Waals surface area contributed by atoms with E-state index < -0.39 is 5.97 Å². The van der Waals surface area contributed by atoms with E-state index in [4.69, 9.17) is 5.11 Å². The number of likely N-dealkylation sites (tertiary alicyclic amines) is 1. The SMILES string of the molecule is CC[C@@H](C(=O)O)N1CCC(C)CC1. The van der Waals surface area contributed by atoms with E-state index in [1.165, 1.54) is 0 Å². The molecule has 3 heteroatoms. The van der Waals surface area contributed by atoms with Gasteiger partial charge in [-0.2, -0.15) is 0 Å². The Morgan fingerprint density at radius 1 is 1.54 bits per heavy atom. The molecule has 0 aromatic rings. The number of nitrogens with zero attached hydrogens (tertiary/aromatic N) is 1. The van der Waals surface area contributed by atoms with E-state index in [0.717, 1.165) is 31.8 Å². The molecule has 76 valence electrons. The Morgan fingerprint density at radius 2 is 2.08 bits per heavy atom. The first-order chi connectivity index (χ1) is 6.15. The predicted octanol–water partition coefficient (Wildman–Crippen LogP) is 1.58. The zero-order chi connectivity index (χ0) is 9.84. The fourth-order valence-corrected chi connectivity index (χ4v) is 1.93. The molecule has 0 saturated carbocycles. The van der Waals surface area contributed by atoms with Crippen molar-refractivity contribution in [2.75, 3.05) is 13.1 Å². The minimum absolute atomic E-state index is 0.257. The maximum Gasteiger partial charge on any atom is 0.320 e. The number of hydrogen-bond donors (Lipinski definition) is 1. The first kappa shape index (κ1) is 10.5. The summed E-state index contributed by atoms with van der Waals surface area (Å²) < 4.78 is 0. The Morgan fingerprint density at radius 3 is 2.46 bits per heavy atom. The molecular weight excluding hydrogens is 166 g/mol. The summed E-state index contributed by atoms with van der Waals surface area (Å²) in [4.78, 5) is 13.0. The molecule has 1 atom stereocenters. The summed E-state index contributed by atoms with van der Waals surface area (Å²) in [6.45, 7) is 6.08. The maximum absolute atomic E-state index is 10.9. The van der Waals surface area contributed by atoms with E-state index in [9.17, 15) is 4.79 Å². The second-order valence-electron chi connectivity index (χ2n) is 3.98. The van der Waals surface area contributed by atoms with Gasteiger partial charge in [-0.15, -0.1) is 0 Å². The lowest BCUT2D eigenvalue weighted by molar-refractivity contribution is -0.144. The second kappa shape index (κ2) is 4.61. The molecule has 0 aromatic carbocycles. The molecule has 0 unspecified atom stereocenters. The number of aliphatic carboxylic acids is 1. The second-order valence-corrected chi connectivity index (χ2v) is 3.98. The lowest BCUT2D eigenvalue weighted by Crippen LogP contribution is -2.44. The summed E-state index contributed by atoms with van der Waals surface area (Å²) in [6, 6.07) is -0.257. The third-order valence-corrected chi connectivity index (χ3v) is 2.93. The van der Waals surface area contributed by atoms with E-state index in [1.807, 2.05) is 6.92 Å². The first-order valence-electron chi connectivity index (χ1n) is 5.12. The Bertz CT molecular complexity index is 174. The molecule has 0 bridgehead atoms. The molecule has 0 spiro atoms. The number of piperidine rings is 1. The summed E-state index contributed by atoms with van der Waals surface area (Å²) >= 11 is 0. The van der Waals surface area contributed by atoms with Gasteiger partial charge in [0.15, 0.2) is 0 Å². The Kier molecular flexibility index (Phi) is 3.72. The van der Waals surface area contributed by atoms with Gasteiger partial charge in [0.2, 0.25) is 0 Å². The van der Waals surface area contributed by atoms with Gasteiger partial charge >= 0.3 is 5.97 Å². The Labute approximate surface area is 79.7 Å². The summed E-state index contributed by atoms with van der Waals surface area (Å²) in [5.74, 6) is 0.0969. The van der Waals surface area contributed by atoms with Gasteiger partial charge in [0.05, 0.1) is 0 Å². The van der Waals surface area contributed by atoms with Crippen molar-refractivity contribution in [2.24, 2.45) is 5.92 Å². The highest BCUT2D eigenvalue weighted by atomic mass is 16.4. The lowest BCUT2D eigenvalue weighted by atomic mass is 9.97. The van der Waals surface area contributed by atoms with Crippen molar-refractivity contribution in [3.63, 3.8) is 0 Å². The molecule has 0 radical (unpaired) electrons. The third kappa shape index (κ3) is 2.69. The fourth-order valence-electron chi connectivity index (χ4n) is 1.93. The summed E-state index contributed by atoms with van der Waals surface area (Å²) in [5, 5.41) is 8.95. The molecule has 1 N–H and O–H groups in total. The Hall–Kier alpha value is -0.570. The molecule has 3 nitrogen and oxygen atoms in total. The molecule has 13 heavy (non-hydrogen) atoms. The molecule has 1 aliphatic heterocycles. The maximum atomic E-state index is 10.9. The van der Waals surface area contributed by atoms with E-state index in [1.54, 1.807) is 0 Å². The predicted molar refractivity (Wildman–Crippen MR) is 51.7 cm³/mol. The number of rotatable bonds is 3. The zero-order valence-corrected chi connectivity index (χ0v) is 8.49. The molecule has 0 aliphatic carbocycles. The van der Waals surface area contributed by atoms with Gasteiger partial charge in [0.25, 0.3) is 0 Å². The number of carboxylic acids is 1. The fraction of sp³-hybridized carbons (Fsp3) is 0.900. The van der Waals surface area contributed by atoms with Crippen LogP contribution in [0, 0.1) is 5.92 Å². The highest BCUT2D eigenvalue weighted by Gasteiger charge is 2.26. The van der Waals surface area contributed by atoms with Gasteiger partial charge in [-0.3, -0.25) is 9.69 Å². The van der Waals surface area contributed by atoms with Crippen molar-refractivity contribution in [1.29, 1.82) is 0 Å². The summed E-state index contributed by atoms with van der Waals surface area (Å²) in [7, 11) is 0. The minimum atomic E-state index is -0.669. The zero-order valence-electron chi connectivity index (χ0n) is 8.49. The van der Waals surface area contributed by atoms with Crippen LogP contribution in [-0.4, -0.2) is 35.1 Å². The largest absolute Gasteiger partial charge is 0.480 e. The molecule has 1 aliphatic rings. The topological polar surface area (TPSA) is 40.5 Å². The monoisotopic (exact) mass is 185 g/mol. The number of hydrogen-bond acceptors (Lipinski definition) is 2. The van der Waals surface area contributed by atoms with Gasteiger partial charge in [0.1, 0.15) is 6.04 Å². The van der Waals surface area contributed by atoms with Crippen LogP contribution in [0.5, 0.6) is 0 Å². The van der Waals surface area contributed by atoms with Crippen LogP contribution >= 0.6 is 0 Å². The van der Waals surface area contributed by atoms with Gasteiger partial charge in [-0.25, -0.2) is 0 Å². The summed E-state index contributed by atoms with van der Waals surface area (Å²) in [5.41, 5.74) is 0. The highest BCUT2D eigenvalue weighted by Crippen LogP contribution is 2.19. The molecule has 0 aromatic heterocycles. The van der Waals surface area contributed by atoms with Crippen molar-refractivity contribution in [3.8, 4) is 0 Å². The molecular formula is C10H19NO2. The molecule has 1 saturated heterocycles. The minimum Gasteiger partial charge on any atom is -0.480 e. The standard InChI is InChI=1S/C10H19NO2/c1-3-9(10(12)13)11-6-4-8(2)5-7-11/h8-9H,3-7H2,1-2H3,(H,12,13)/t9-/m0/s1. The summed E-state index contributed by atoms with van der Waals surface area (Å²) in [6.07, 6.45) is 3.00. The molecule has 1 heterocycles. The average molecular weight is 185 g/mol. The molecule has 1 fully saturated rings. The molecule has 1 rings (SSSR count). The third-order valence-electron chi connectivity index (χ3n) is 2.93. The van der Waals surface area contributed by atoms with Crippen LogP contribution in [0.1, 0.15) is 33.1 Å². The van der Waals surface area contributed by atoms with Crippen LogP contribution in [0.2, 0.25) is 0 Å². The van der Waals surface area contributed by atoms with Crippen LogP contribution in [0.15, 0.2) is 0 Å². The van der Waals surface area contributed by atoms with Crippen LogP contribution in [0.25, 0.3) is 0 Å². The van der Waals surface area contributed by atoms with Crippen molar-refractivity contribution in [1.82, 2.24) is 4.90 Å². The van der Waals surface area contributed by atoms with Gasteiger partial charge in [-0.05, 0) is 38.3 Å². The van der Waals surface area contributed by atoms with Gasteiger partial charge < -0.3 is 5.11 Å². The lowest BCUT2D eigenvalue weighted by Gasteiger charge is -2.34. The van der Waals surface area contributed by atoms with Crippen LogP contribution in [0.4, 0.5) is 0 Å².